The fraction of sp³-hybridized carbons (Fsp3) is 0.438. The molecule has 2 N–H and O–H groups in total. The quantitative estimate of drug-likeness (QED) is 0.571. The molecule has 6 heteroatoms. The van der Waals surface area contributed by atoms with E-state index >= 15 is 0 Å². The number of hydrogen-bond acceptors (Lipinski definition) is 4. The molecule has 0 saturated carbocycles. The summed E-state index contributed by atoms with van der Waals surface area (Å²) in [4.78, 5) is 34.5. The minimum absolute atomic E-state index is 0.000187. The number of ether oxygens (including phenoxy) is 1. The van der Waals surface area contributed by atoms with E-state index in [9.17, 15) is 14.4 Å². The number of benzene rings is 1. The summed E-state index contributed by atoms with van der Waals surface area (Å²) in [6.07, 6.45) is 2.01. The van der Waals surface area contributed by atoms with Crippen molar-refractivity contribution in [1.82, 2.24) is 5.32 Å². The van der Waals surface area contributed by atoms with Gasteiger partial charge in [0.05, 0.1) is 17.9 Å². The fourth-order valence-electron chi connectivity index (χ4n) is 1.68. The SMILES string of the molecule is CCCCOC(=O)c1ccccc1NC(=O)NCCC(C)=O. The smallest absolute Gasteiger partial charge is 0.340 e. The molecule has 0 aliphatic heterocycles. The van der Waals surface area contributed by atoms with Gasteiger partial charge in [0.15, 0.2) is 0 Å². The van der Waals surface area contributed by atoms with Gasteiger partial charge < -0.3 is 15.4 Å². The van der Waals surface area contributed by atoms with Crippen molar-refractivity contribution in [3.63, 3.8) is 0 Å². The summed E-state index contributed by atoms with van der Waals surface area (Å²) in [6, 6.07) is 6.18. The molecule has 0 spiro atoms. The van der Waals surface area contributed by atoms with Crippen molar-refractivity contribution in [2.24, 2.45) is 0 Å². The Morgan fingerprint density at radius 3 is 2.59 bits per heavy atom. The van der Waals surface area contributed by atoms with Crippen LogP contribution in [0.1, 0.15) is 43.5 Å². The van der Waals surface area contributed by atoms with E-state index in [1.807, 2.05) is 6.92 Å². The van der Waals surface area contributed by atoms with Gasteiger partial charge in [-0.1, -0.05) is 25.5 Å². The molecule has 0 heterocycles. The number of anilines is 1. The molecule has 0 aromatic heterocycles. The Morgan fingerprint density at radius 1 is 1.18 bits per heavy atom. The maximum absolute atomic E-state index is 12.0. The zero-order valence-electron chi connectivity index (χ0n) is 13.0. The molecule has 0 saturated heterocycles. The van der Waals surface area contributed by atoms with Gasteiger partial charge in [0, 0.05) is 13.0 Å². The highest BCUT2D eigenvalue weighted by molar-refractivity contribution is 6.00. The van der Waals surface area contributed by atoms with E-state index in [0.717, 1.165) is 12.8 Å². The molecule has 0 bridgehead atoms. The molecule has 0 aliphatic carbocycles. The standard InChI is InChI=1S/C16H22N2O4/c1-3-4-11-22-15(20)13-7-5-6-8-14(13)18-16(21)17-10-9-12(2)19/h5-8H,3-4,9-11H2,1-2H3,(H2,17,18,21). The van der Waals surface area contributed by atoms with Crippen LogP contribution in [0.4, 0.5) is 10.5 Å². The second kappa shape index (κ2) is 9.55. The molecule has 6 nitrogen and oxygen atoms in total. The molecule has 2 amide bonds. The molecule has 0 radical (unpaired) electrons. The van der Waals surface area contributed by atoms with Crippen molar-refractivity contribution in [2.75, 3.05) is 18.5 Å². The second-order valence-corrected chi connectivity index (χ2v) is 4.87. The molecule has 0 fully saturated rings. The van der Waals surface area contributed by atoms with Crippen LogP contribution in [0.5, 0.6) is 0 Å². The first-order chi connectivity index (χ1) is 10.5. The number of amides is 2. The lowest BCUT2D eigenvalue weighted by atomic mass is 10.2. The Bertz CT molecular complexity index is 529. The average Bonchev–Trinajstić information content (AvgIpc) is 2.47. The number of carbonyl (C=O) groups excluding carboxylic acids is 3. The Labute approximate surface area is 130 Å². The van der Waals surface area contributed by atoms with Gasteiger partial charge in [-0.05, 0) is 25.5 Å². The predicted molar refractivity (Wildman–Crippen MR) is 84.0 cm³/mol. The number of para-hydroxylation sites is 1. The number of Topliss-reactive ketones (excluding diaryl/α,β-unsaturated/α-hetero) is 1. The minimum atomic E-state index is -0.465. The zero-order chi connectivity index (χ0) is 16.4. The Hall–Kier alpha value is -2.37. The average molecular weight is 306 g/mol. The lowest BCUT2D eigenvalue weighted by Gasteiger charge is -2.11. The molecular weight excluding hydrogens is 284 g/mol. The summed E-state index contributed by atoms with van der Waals surface area (Å²) in [5.74, 6) is -0.465. The Kier molecular flexibility index (Phi) is 7.67. The van der Waals surface area contributed by atoms with Crippen LogP contribution in [-0.4, -0.2) is 30.9 Å². The highest BCUT2D eigenvalue weighted by Crippen LogP contribution is 2.16. The van der Waals surface area contributed by atoms with Crippen molar-refractivity contribution in [2.45, 2.75) is 33.1 Å². The molecule has 1 rings (SSSR count). The van der Waals surface area contributed by atoms with Gasteiger partial charge in [-0.15, -0.1) is 0 Å². The van der Waals surface area contributed by atoms with Crippen LogP contribution < -0.4 is 10.6 Å². The van der Waals surface area contributed by atoms with Gasteiger partial charge in [0.25, 0.3) is 0 Å². The van der Waals surface area contributed by atoms with E-state index < -0.39 is 12.0 Å². The van der Waals surface area contributed by atoms with E-state index in [1.165, 1.54) is 6.92 Å². The number of nitrogens with one attached hydrogen (secondary N) is 2. The van der Waals surface area contributed by atoms with E-state index in [4.69, 9.17) is 4.74 Å². The highest BCUT2D eigenvalue weighted by atomic mass is 16.5. The molecular formula is C16H22N2O4. The van der Waals surface area contributed by atoms with Crippen molar-refractivity contribution in [3.8, 4) is 0 Å². The molecule has 0 atom stereocenters. The number of ketones is 1. The highest BCUT2D eigenvalue weighted by Gasteiger charge is 2.14. The number of carbonyl (C=O) groups is 3. The topological polar surface area (TPSA) is 84.5 Å². The van der Waals surface area contributed by atoms with Gasteiger partial charge in [0.1, 0.15) is 5.78 Å². The summed E-state index contributed by atoms with van der Waals surface area (Å²) >= 11 is 0. The third-order valence-electron chi connectivity index (χ3n) is 2.89. The van der Waals surface area contributed by atoms with Gasteiger partial charge in [-0.2, -0.15) is 0 Å². The van der Waals surface area contributed by atoms with Gasteiger partial charge in [-0.3, -0.25) is 4.79 Å². The van der Waals surface area contributed by atoms with Crippen LogP contribution in [0.2, 0.25) is 0 Å². The molecule has 1 aromatic carbocycles. The third kappa shape index (κ3) is 6.39. The van der Waals surface area contributed by atoms with Crippen molar-refractivity contribution in [3.05, 3.63) is 29.8 Å². The van der Waals surface area contributed by atoms with Gasteiger partial charge in [-0.25, -0.2) is 9.59 Å². The zero-order valence-corrected chi connectivity index (χ0v) is 13.0. The predicted octanol–water partition coefficient (Wildman–Crippen LogP) is 2.74. The number of urea groups is 1. The summed E-state index contributed by atoms with van der Waals surface area (Å²) < 4.78 is 5.15. The van der Waals surface area contributed by atoms with E-state index in [0.29, 0.717) is 17.9 Å². The van der Waals surface area contributed by atoms with Gasteiger partial charge in [0.2, 0.25) is 0 Å². The summed E-state index contributed by atoms with van der Waals surface area (Å²) in [6.45, 7) is 4.08. The van der Waals surface area contributed by atoms with Crippen molar-refractivity contribution in [1.29, 1.82) is 0 Å². The maximum Gasteiger partial charge on any atom is 0.340 e. The van der Waals surface area contributed by atoms with Crippen molar-refractivity contribution >= 4 is 23.5 Å². The summed E-state index contributed by atoms with van der Waals surface area (Å²) in [5, 5.41) is 5.15. The second-order valence-electron chi connectivity index (χ2n) is 4.87. The Morgan fingerprint density at radius 2 is 1.91 bits per heavy atom. The summed E-state index contributed by atoms with van der Waals surface area (Å²) in [7, 11) is 0. The largest absolute Gasteiger partial charge is 0.462 e. The lowest BCUT2D eigenvalue weighted by molar-refractivity contribution is -0.116. The van der Waals surface area contributed by atoms with E-state index in [-0.39, 0.29) is 18.7 Å². The Balaban J connectivity index is 2.61. The fourth-order valence-corrected chi connectivity index (χ4v) is 1.68. The first-order valence-electron chi connectivity index (χ1n) is 7.35. The third-order valence-corrected chi connectivity index (χ3v) is 2.89. The van der Waals surface area contributed by atoms with Crippen molar-refractivity contribution < 1.29 is 19.1 Å². The number of rotatable bonds is 8. The van der Waals surface area contributed by atoms with Crippen LogP contribution in [0.3, 0.4) is 0 Å². The molecule has 22 heavy (non-hydrogen) atoms. The maximum atomic E-state index is 12.0. The number of esters is 1. The molecule has 1 aromatic rings. The first-order valence-corrected chi connectivity index (χ1v) is 7.35. The van der Waals surface area contributed by atoms with Crippen LogP contribution in [0, 0.1) is 0 Å². The van der Waals surface area contributed by atoms with E-state index in [1.54, 1.807) is 24.3 Å². The van der Waals surface area contributed by atoms with Crippen LogP contribution >= 0.6 is 0 Å². The molecule has 0 aliphatic rings. The monoisotopic (exact) mass is 306 g/mol. The minimum Gasteiger partial charge on any atom is -0.462 e. The number of unbranched alkanes of at least 4 members (excludes halogenated alkanes) is 1. The normalized spacial score (nSPS) is 9.91. The lowest BCUT2D eigenvalue weighted by Crippen LogP contribution is -2.31. The van der Waals surface area contributed by atoms with Crippen LogP contribution in [-0.2, 0) is 9.53 Å². The summed E-state index contributed by atoms with van der Waals surface area (Å²) in [5.41, 5.74) is 0.685. The van der Waals surface area contributed by atoms with E-state index in [2.05, 4.69) is 10.6 Å². The van der Waals surface area contributed by atoms with Crippen LogP contribution in [0.15, 0.2) is 24.3 Å². The van der Waals surface area contributed by atoms with Crippen LogP contribution in [0.25, 0.3) is 0 Å². The first kappa shape index (κ1) is 17.7. The number of hydrogen-bond donors (Lipinski definition) is 2. The molecule has 120 valence electrons. The van der Waals surface area contributed by atoms with Gasteiger partial charge >= 0.3 is 12.0 Å². The molecule has 0 unspecified atom stereocenters.